The Labute approximate surface area is 120 Å². The molecule has 0 aliphatic heterocycles. The Kier molecular flexibility index (Phi) is 7.60. The van der Waals surface area contributed by atoms with Crippen molar-refractivity contribution in [2.24, 2.45) is 0 Å². The van der Waals surface area contributed by atoms with Crippen LogP contribution in [-0.4, -0.2) is 37.0 Å². The van der Waals surface area contributed by atoms with Gasteiger partial charge in [-0.1, -0.05) is 25.1 Å². The number of hydrogen-bond acceptors (Lipinski definition) is 3. The second-order valence-electron chi connectivity index (χ2n) is 4.54. The van der Waals surface area contributed by atoms with E-state index < -0.39 is 0 Å². The Morgan fingerprint density at radius 2 is 2.11 bits per heavy atom. The van der Waals surface area contributed by atoms with Gasteiger partial charge in [-0.15, -0.1) is 0 Å². The third kappa shape index (κ3) is 5.66. The van der Waals surface area contributed by atoms with Crippen molar-refractivity contribution in [1.82, 2.24) is 10.6 Å². The summed E-state index contributed by atoms with van der Waals surface area (Å²) in [5, 5.41) is 6.18. The molecular formula is C15H24N2OS. The molecular weight excluding hydrogens is 256 g/mol. The number of carbonyl (C=O) groups excluding carboxylic acids is 1. The fourth-order valence-corrected chi connectivity index (χ4v) is 2.53. The minimum absolute atomic E-state index is 0.0379. The molecule has 0 heterocycles. The molecule has 2 N–H and O–H groups in total. The van der Waals surface area contributed by atoms with Crippen LogP contribution in [0, 0.1) is 0 Å². The van der Waals surface area contributed by atoms with Crippen molar-refractivity contribution in [2.75, 3.05) is 25.1 Å². The topological polar surface area (TPSA) is 41.1 Å². The lowest BCUT2D eigenvalue weighted by Gasteiger charge is -2.15. The Balaban J connectivity index is 2.65. The van der Waals surface area contributed by atoms with Crippen LogP contribution >= 0.6 is 11.8 Å². The van der Waals surface area contributed by atoms with E-state index in [4.69, 9.17) is 0 Å². The summed E-state index contributed by atoms with van der Waals surface area (Å²) in [6.45, 7) is 5.06. The van der Waals surface area contributed by atoms with Crippen molar-refractivity contribution in [2.45, 2.75) is 26.3 Å². The summed E-state index contributed by atoms with van der Waals surface area (Å²) in [5.41, 5.74) is 1.90. The number of carbonyl (C=O) groups is 1. The number of likely N-dealkylation sites (N-methyl/N-ethyl adjacent to an activating group) is 1. The third-order valence-electron chi connectivity index (χ3n) is 2.86. The van der Waals surface area contributed by atoms with Gasteiger partial charge in [0.1, 0.15) is 0 Å². The summed E-state index contributed by atoms with van der Waals surface area (Å²) in [5.74, 6) is 2.08. The monoisotopic (exact) mass is 280 g/mol. The molecule has 4 heteroatoms. The molecule has 0 fully saturated rings. The highest BCUT2D eigenvalue weighted by molar-refractivity contribution is 7.99. The number of hydrogen-bond donors (Lipinski definition) is 2. The van der Waals surface area contributed by atoms with E-state index in [-0.39, 0.29) is 11.9 Å². The molecule has 0 bridgehead atoms. The van der Waals surface area contributed by atoms with Crippen LogP contribution in [0.4, 0.5) is 0 Å². The lowest BCUT2D eigenvalue weighted by molar-refractivity contribution is 0.0943. The van der Waals surface area contributed by atoms with E-state index in [2.05, 4.69) is 24.5 Å². The largest absolute Gasteiger partial charge is 0.349 e. The van der Waals surface area contributed by atoms with Crippen molar-refractivity contribution >= 4 is 17.7 Å². The minimum atomic E-state index is 0.0379. The van der Waals surface area contributed by atoms with Crippen molar-refractivity contribution < 1.29 is 4.79 Å². The van der Waals surface area contributed by atoms with Crippen LogP contribution < -0.4 is 10.6 Å². The van der Waals surface area contributed by atoms with Crippen molar-refractivity contribution in [3.8, 4) is 0 Å². The van der Waals surface area contributed by atoms with E-state index in [1.807, 2.05) is 43.1 Å². The molecule has 1 aromatic carbocycles. The zero-order valence-corrected chi connectivity index (χ0v) is 12.8. The number of thioether (sulfide) groups is 1. The molecule has 106 valence electrons. The molecule has 1 aromatic rings. The van der Waals surface area contributed by atoms with Crippen LogP contribution in [0.25, 0.3) is 0 Å². The fraction of sp³-hybridized carbons (Fsp3) is 0.533. The maximum absolute atomic E-state index is 12.3. The lowest BCUT2D eigenvalue weighted by Crippen LogP contribution is -2.35. The molecule has 0 aromatic heterocycles. The van der Waals surface area contributed by atoms with E-state index in [0.29, 0.717) is 0 Å². The van der Waals surface area contributed by atoms with Gasteiger partial charge in [0.2, 0.25) is 0 Å². The SMILES string of the molecule is CCSCC(C)NC(=O)c1ccccc1CCNC. The quantitative estimate of drug-likeness (QED) is 0.768. The molecule has 0 aliphatic rings. The van der Waals surface area contributed by atoms with Crippen LogP contribution in [-0.2, 0) is 6.42 Å². The van der Waals surface area contributed by atoms with Gasteiger partial charge in [0.15, 0.2) is 0 Å². The molecule has 0 saturated carbocycles. The molecule has 0 radical (unpaired) electrons. The zero-order chi connectivity index (χ0) is 14.1. The molecule has 0 saturated heterocycles. The first-order valence-corrected chi connectivity index (χ1v) is 7.95. The second-order valence-corrected chi connectivity index (χ2v) is 5.86. The van der Waals surface area contributed by atoms with Gasteiger partial charge in [0, 0.05) is 17.4 Å². The summed E-state index contributed by atoms with van der Waals surface area (Å²) in [6.07, 6.45) is 0.873. The average molecular weight is 280 g/mol. The van der Waals surface area contributed by atoms with Crippen molar-refractivity contribution in [3.63, 3.8) is 0 Å². The molecule has 1 amide bonds. The van der Waals surface area contributed by atoms with Gasteiger partial charge >= 0.3 is 0 Å². The second kappa shape index (κ2) is 8.99. The highest BCUT2D eigenvalue weighted by atomic mass is 32.2. The van der Waals surface area contributed by atoms with E-state index in [0.717, 1.165) is 35.6 Å². The Bertz CT molecular complexity index is 395. The summed E-state index contributed by atoms with van der Waals surface area (Å²) in [4.78, 5) is 12.3. The predicted molar refractivity (Wildman–Crippen MR) is 84.0 cm³/mol. The van der Waals surface area contributed by atoms with Crippen LogP contribution in [0.5, 0.6) is 0 Å². The Morgan fingerprint density at radius 3 is 2.79 bits per heavy atom. The minimum Gasteiger partial charge on any atom is -0.349 e. The van der Waals surface area contributed by atoms with E-state index in [1.165, 1.54) is 0 Å². The average Bonchev–Trinajstić information content (AvgIpc) is 2.43. The Morgan fingerprint density at radius 1 is 1.37 bits per heavy atom. The van der Waals surface area contributed by atoms with Gasteiger partial charge in [0.25, 0.3) is 5.91 Å². The van der Waals surface area contributed by atoms with Gasteiger partial charge in [-0.05, 0) is 44.3 Å². The molecule has 0 aliphatic carbocycles. The summed E-state index contributed by atoms with van der Waals surface area (Å²) in [6, 6.07) is 8.04. The zero-order valence-electron chi connectivity index (χ0n) is 12.0. The van der Waals surface area contributed by atoms with E-state index in [9.17, 15) is 4.79 Å². The van der Waals surface area contributed by atoms with Crippen molar-refractivity contribution in [3.05, 3.63) is 35.4 Å². The standard InChI is InChI=1S/C15H24N2OS/c1-4-19-11-12(2)17-15(18)14-8-6-5-7-13(14)9-10-16-3/h5-8,12,16H,4,9-11H2,1-3H3,(H,17,18). The number of nitrogens with one attached hydrogen (secondary N) is 2. The maximum Gasteiger partial charge on any atom is 0.251 e. The first-order chi connectivity index (χ1) is 9.19. The normalized spacial score (nSPS) is 12.2. The molecule has 3 nitrogen and oxygen atoms in total. The summed E-state index contributed by atoms with van der Waals surface area (Å²) >= 11 is 1.85. The van der Waals surface area contributed by atoms with E-state index in [1.54, 1.807) is 0 Å². The van der Waals surface area contributed by atoms with Gasteiger partial charge in [-0.25, -0.2) is 0 Å². The molecule has 0 spiro atoms. The van der Waals surface area contributed by atoms with Gasteiger partial charge in [-0.2, -0.15) is 11.8 Å². The first-order valence-electron chi connectivity index (χ1n) is 6.80. The highest BCUT2D eigenvalue weighted by Gasteiger charge is 2.12. The third-order valence-corrected chi connectivity index (χ3v) is 4.00. The highest BCUT2D eigenvalue weighted by Crippen LogP contribution is 2.10. The number of rotatable bonds is 8. The molecule has 1 rings (SSSR count). The van der Waals surface area contributed by atoms with Crippen LogP contribution in [0.1, 0.15) is 29.8 Å². The van der Waals surface area contributed by atoms with Crippen LogP contribution in [0.3, 0.4) is 0 Å². The van der Waals surface area contributed by atoms with Gasteiger partial charge in [0.05, 0.1) is 0 Å². The molecule has 1 unspecified atom stereocenters. The van der Waals surface area contributed by atoms with E-state index >= 15 is 0 Å². The molecule has 1 atom stereocenters. The number of amides is 1. The van der Waals surface area contributed by atoms with Gasteiger partial charge in [-0.3, -0.25) is 4.79 Å². The van der Waals surface area contributed by atoms with Crippen LogP contribution in [0.2, 0.25) is 0 Å². The summed E-state index contributed by atoms with van der Waals surface area (Å²) in [7, 11) is 1.92. The lowest BCUT2D eigenvalue weighted by atomic mass is 10.0. The first kappa shape index (κ1) is 16.1. The predicted octanol–water partition coefficient (Wildman–Crippen LogP) is 2.32. The molecule has 19 heavy (non-hydrogen) atoms. The maximum atomic E-state index is 12.3. The number of benzene rings is 1. The Hall–Kier alpha value is -1.00. The smallest absolute Gasteiger partial charge is 0.251 e. The van der Waals surface area contributed by atoms with Crippen molar-refractivity contribution in [1.29, 1.82) is 0 Å². The fourth-order valence-electron chi connectivity index (χ4n) is 1.86. The van der Waals surface area contributed by atoms with Crippen LogP contribution in [0.15, 0.2) is 24.3 Å². The summed E-state index contributed by atoms with van der Waals surface area (Å²) < 4.78 is 0. The van der Waals surface area contributed by atoms with Gasteiger partial charge < -0.3 is 10.6 Å².